The molecule has 0 atom stereocenters. The van der Waals surface area contributed by atoms with Crippen molar-refractivity contribution in [2.45, 2.75) is 44.6 Å². The summed E-state index contributed by atoms with van der Waals surface area (Å²) in [5, 5.41) is 3.70. The van der Waals surface area contributed by atoms with E-state index in [1.54, 1.807) is 6.07 Å². The Morgan fingerprint density at radius 1 is 1.00 bits per heavy atom. The van der Waals surface area contributed by atoms with Gasteiger partial charge in [0, 0.05) is 32.0 Å². The Bertz CT molecular complexity index is 820. The second-order valence-electron chi connectivity index (χ2n) is 7.59. The second kappa shape index (κ2) is 11.6. The molecule has 1 fully saturated rings. The normalized spacial score (nSPS) is 14.4. The Kier molecular flexibility index (Phi) is 8.57. The van der Waals surface area contributed by atoms with E-state index in [0.29, 0.717) is 49.7 Å². The topological polar surface area (TPSA) is 58.6 Å². The molecule has 0 aromatic heterocycles. The van der Waals surface area contributed by atoms with Crippen LogP contribution in [0.1, 0.15) is 37.7 Å². The molecule has 2 aromatic carbocycles. The molecule has 0 bridgehead atoms. The van der Waals surface area contributed by atoms with Gasteiger partial charge in [-0.25, -0.2) is 0 Å². The van der Waals surface area contributed by atoms with Crippen LogP contribution in [0.3, 0.4) is 0 Å². The number of piperidine rings is 1. The molecule has 0 unspecified atom stereocenters. The zero-order chi connectivity index (χ0) is 21.2. The number of amides is 2. The number of aryl methyl sites for hydroxylation is 1. The lowest BCUT2D eigenvalue weighted by Gasteiger charge is -2.32. The van der Waals surface area contributed by atoms with Crippen molar-refractivity contribution in [1.82, 2.24) is 10.2 Å². The van der Waals surface area contributed by atoms with Crippen molar-refractivity contribution >= 4 is 23.4 Å². The number of hydrogen-bond acceptors (Lipinski definition) is 3. The molecule has 160 valence electrons. The van der Waals surface area contributed by atoms with Crippen LogP contribution in [0.25, 0.3) is 0 Å². The summed E-state index contributed by atoms with van der Waals surface area (Å²) in [4.78, 5) is 26.5. The number of halogens is 1. The zero-order valence-electron chi connectivity index (χ0n) is 17.2. The van der Waals surface area contributed by atoms with Crippen LogP contribution in [0.5, 0.6) is 5.75 Å². The Morgan fingerprint density at radius 3 is 2.43 bits per heavy atom. The molecule has 0 saturated carbocycles. The lowest BCUT2D eigenvalue weighted by Crippen LogP contribution is -2.46. The van der Waals surface area contributed by atoms with Crippen LogP contribution in [-0.4, -0.2) is 42.5 Å². The maximum atomic E-state index is 12.4. The van der Waals surface area contributed by atoms with Gasteiger partial charge < -0.3 is 15.0 Å². The smallest absolute Gasteiger partial charge is 0.222 e. The van der Waals surface area contributed by atoms with E-state index in [2.05, 4.69) is 5.32 Å². The van der Waals surface area contributed by atoms with Gasteiger partial charge >= 0.3 is 0 Å². The van der Waals surface area contributed by atoms with Gasteiger partial charge in [-0.3, -0.25) is 9.59 Å². The van der Waals surface area contributed by atoms with Crippen molar-refractivity contribution in [3.63, 3.8) is 0 Å². The van der Waals surface area contributed by atoms with Crippen LogP contribution in [0.15, 0.2) is 54.6 Å². The molecule has 1 heterocycles. The molecule has 0 spiro atoms. The summed E-state index contributed by atoms with van der Waals surface area (Å²) in [5.74, 6) is 0.877. The number of hydrogen-bond donors (Lipinski definition) is 1. The molecule has 1 saturated heterocycles. The van der Waals surface area contributed by atoms with E-state index in [9.17, 15) is 9.59 Å². The number of nitrogens with zero attached hydrogens (tertiary/aromatic N) is 1. The first-order valence-corrected chi connectivity index (χ1v) is 11.0. The van der Waals surface area contributed by atoms with Crippen LogP contribution in [0, 0.1) is 0 Å². The summed E-state index contributed by atoms with van der Waals surface area (Å²) < 4.78 is 5.64. The highest BCUT2D eigenvalue weighted by molar-refractivity contribution is 6.32. The first-order valence-electron chi connectivity index (χ1n) is 10.6. The van der Waals surface area contributed by atoms with Crippen molar-refractivity contribution in [3.05, 3.63) is 65.2 Å². The fraction of sp³-hybridized carbons (Fsp3) is 0.417. The van der Waals surface area contributed by atoms with Crippen LogP contribution in [-0.2, 0) is 16.0 Å². The van der Waals surface area contributed by atoms with Gasteiger partial charge in [0.05, 0.1) is 11.6 Å². The van der Waals surface area contributed by atoms with Crippen molar-refractivity contribution in [2.75, 3.05) is 19.7 Å². The maximum Gasteiger partial charge on any atom is 0.222 e. The quantitative estimate of drug-likeness (QED) is 0.608. The first-order chi connectivity index (χ1) is 14.6. The summed E-state index contributed by atoms with van der Waals surface area (Å²) in [6.07, 6.45) is 3.96. The largest absolute Gasteiger partial charge is 0.492 e. The molecular weight excluding hydrogens is 400 g/mol. The molecule has 1 aliphatic heterocycles. The Labute approximate surface area is 183 Å². The summed E-state index contributed by atoms with van der Waals surface area (Å²) in [5.41, 5.74) is 1.17. The van der Waals surface area contributed by atoms with Gasteiger partial charge in [-0.2, -0.15) is 0 Å². The predicted octanol–water partition coefficient (Wildman–Crippen LogP) is 4.24. The molecule has 1 N–H and O–H groups in total. The summed E-state index contributed by atoms with van der Waals surface area (Å²) >= 11 is 6.06. The molecule has 0 aliphatic carbocycles. The molecule has 0 radical (unpaired) electrons. The van der Waals surface area contributed by atoms with E-state index in [-0.39, 0.29) is 17.9 Å². The maximum absolute atomic E-state index is 12.4. The third-order valence-electron chi connectivity index (χ3n) is 5.33. The monoisotopic (exact) mass is 428 g/mol. The van der Waals surface area contributed by atoms with Gasteiger partial charge in [0.15, 0.2) is 0 Å². The highest BCUT2D eigenvalue weighted by atomic mass is 35.5. The van der Waals surface area contributed by atoms with E-state index < -0.39 is 0 Å². The molecular formula is C24H29ClN2O3. The molecule has 2 aromatic rings. The van der Waals surface area contributed by atoms with E-state index in [1.807, 2.05) is 53.4 Å². The molecule has 2 amide bonds. The van der Waals surface area contributed by atoms with Gasteiger partial charge in [-0.15, -0.1) is 0 Å². The number of benzene rings is 2. The third kappa shape index (κ3) is 7.06. The standard InChI is InChI=1S/C24H29ClN2O3/c25-21-9-4-5-10-22(21)30-18-6-11-24(29)27-16-14-20(15-17-27)26-23(28)13-12-19-7-2-1-3-8-19/h1-5,7-10,20H,6,11-18H2,(H,26,28). The number of ether oxygens (including phenoxy) is 1. The van der Waals surface area contributed by atoms with Crippen LogP contribution < -0.4 is 10.1 Å². The van der Waals surface area contributed by atoms with Crippen molar-refractivity contribution in [2.24, 2.45) is 0 Å². The van der Waals surface area contributed by atoms with Crippen molar-refractivity contribution in [3.8, 4) is 5.75 Å². The number of carbonyl (C=O) groups excluding carboxylic acids is 2. The van der Waals surface area contributed by atoms with Crippen molar-refractivity contribution in [1.29, 1.82) is 0 Å². The molecule has 3 rings (SSSR count). The fourth-order valence-corrected chi connectivity index (χ4v) is 3.79. The summed E-state index contributed by atoms with van der Waals surface area (Å²) in [6.45, 7) is 1.84. The molecule has 5 nitrogen and oxygen atoms in total. The lowest BCUT2D eigenvalue weighted by molar-refractivity contribution is -0.132. The van der Waals surface area contributed by atoms with E-state index in [0.717, 1.165) is 19.3 Å². The van der Waals surface area contributed by atoms with Crippen LogP contribution >= 0.6 is 11.6 Å². The average Bonchev–Trinajstić information content (AvgIpc) is 2.77. The zero-order valence-corrected chi connectivity index (χ0v) is 17.9. The highest BCUT2D eigenvalue weighted by Crippen LogP contribution is 2.23. The second-order valence-corrected chi connectivity index (χ2v) is 8.00. The lowest BCUT2D eigenvalue weighted by atomic mass is 10.0. The minimum atomic E-state index is 0.0837. The van der Waals surface area contributed by atoms with Crippen LogP contribution in [0.4, 0.5) is 0 Å². The van der Waals surface area contributed by atoms with E-state index >= 15 is 0 Å². The summed E-state index contributed by atoms with van der Waals surface area (Å²) in [6, 6.07) is 17.5. The number of carbonyl (C=O) groups is 2. The minimum absolute atomic E-state index is 0.0837. The van der Waals surface area contributed by atoms with Gasteiger partial charge in [-0.1, -0.05) is 54.1 Å². The molecule has 6 heteroatoms. The fourth-order valence-electron chi connectivity index (χ4n) is 3.60. The average molecular weight is 429 g/mol. The third-order valence-corrected chi connectivity index (χ3v) is 5.64. The van der Waals surface area contributed by atoms with Gasteiger partial charge in [0.1, 0.15) is 5.75 Å². The predicted molar refractivity (Wildman–Crippen MR) is 119 cm³/mol. The van der Waals surface area contributed by atoms with E-state index in [4.69, 9.17) is 16.3 Å². The van der Waals surface area contributed by atoms with Gasteiger partial charge in [0.2, 0.25) is 11.8 Å². The van der Waals surface area contributed by atoms with Gasteiger partial charge in [0.25, 0.3) is 0 Å². The molecule has 1 aliphatic rings. The molecule has 30 heavy (non-hydrogen) atoms. The Hall–Kier alpha value is -2.53. The van der Waals surface area contributed by atoms with Crippen LogP contribution in [0.2, 0.25) is 5.02 Å². The highest BCUT2D eigenvalue weighted by Gasteiger charge is 2.23. The minimum Gasteiger partial charge on any atom is -0.492 e. The van der Waals surface area contributed by atoms with Crippen molar-refractivity contribution < 1.29 is 14.3 Å². The summed E-state index contributed by atoms with van der Waals surface area (Å²) in [7, 11) is 0. The SMILES string of the molecule is O=C(CCc1ccccc1)NC1CCN(C(=O)CCCOc2ccccc2Cl)CC1. The Balaban J connectivity index is 1.29. The Morgan fingerprint density at radius 2 is 1.70 bits per heavy atom. The number of likely N-dealkylation sites (tertiary alicyclic amines) is 1. The number of nitrogens with one attached hydrogen (secondary N) is 1. The number of para-hydroxylation sites is 1. The first kappa shape index (κ1) is 22.2. The van der Waals surface area contributed by atoms with E-state index in [1.165, 1.54) is 5.56 Å². The van der Waals surface area contributed by atoms with Gasteiger partial charge in [-0.05, 0) is 43.4 Å². The number of rotatable bonds is 9.